The van der Waals surface area contributed by atoms with Crippen LogP contribution in [0.4, 0.5) is 0 Å². The molecule has 0 aliphatic rings. The van der Waals surface area contributed by atoms with Gasteiger partial charge in [0.2, 0.25) is 11.7 Å². The normalized spacial score (nSPS) is 12.6. The summed E-state index contributed by atoms with van der Waals surface area (Å²) in [6.07, 6.45) is 0. The molecule has 9 heterocycles. The molecule has 0 radical (unpaired) electrons. The third-order valence-electron chi connectivity index (χ3n) is 21.7. The monoisotopic (exact) mass is 1440 g/mol. The van der Waals surface area contributed by atoms with Crippen LogP contribution in [0.15, 0.2) is 371 Å². The summed E-state index contributed by atoms with van der Waals surface area (Å²) in [6.45, 7) is 0. The lowest BCUT2D eigenvalue weighted by Gasteiger charge is -2.13. The highest BCUT2D eigenvalue weighted by Crippen LogP contribution is 2.48. The summed E-state index contributed by atoms with van der Waals surface area (Å²) in [7, 11) is 0. The van der Waals surface area contributed by atoms with Gasteiger partial charge in [0.1, 0.15) is 39.1 Å². The number of nitrogens with zero attached hydrogens (tertiary/aromatic N) is 7. The highest BCUT2D eigenvalue weighted by Gasteiger charge is 2.26. The van der Waals surface area contributed by atoms with E-state index in [1.165, 1.54) is 41.7 Å². The molecule has 11 heteroatoms. The summed E-state index contributed by atoms with van der Waals surface area (Å²) >= 11 is 1.84. The van der Waals surface area contributed by atoms with Gasteiger partial charge < -0.3 is 17.8 Å². The smallest absolute Gasteiger partial charge is 0.247 e. The number of rotatable bonds is 6. The first-order valence-electron chi connectivity index (χ1n) is 39.3. The fourth-order valence-electron chi connectivity index (χ4n) is 17.0. The third-order valence-corrected chi connectivity index (χ3v) is 22.8. The second kappa shape index (κ2) is 24.9. The van der Waals surface area contributed by atoms with Crippen LogP contribution < -0.4 is 0 Å². The molecule has 0 atom stereocenters. The molecule has 9 aromatic heterocycles. The first-order valence-corrected chi connectivity index (χ1v) is 37.7. The average Bonchev–Trinajstić information content (AvgIpc) is 1.56. The molecule has 111 heavy (non-hydrogen) atoms. The molecule has 16 aromatic carbocycles. The van der Waals surface area contributed by atoms with E-state index in [0.717, 1.165) is 160 Å². The summed E-state index contributed by atoms with van der Waals surface area (Å²) in [5.74, 6) is 1.45. The Bertz CT molecular complexity index is 8430. The van der Waals surface area contributed by atoms with E-state index in [-0.39, 0.29) is 29.7 Å². The lowest BCUT2D eigenvalue weighted by Crippen LogP contribution is -2.03. The van der Waals surface area contributed by atoms with E-state index in [0.29, 0.717) is 17.2 Å². The second-order valence-corrected chi connectivity index (χ2v) is 28.9. The number of fused-ring (bicyclic) bond motifs is 26. The molecule has 518 valence electrons. The molecule has 0 amide bonds. The molecule has 10 nitrogen and oxygen atoms in total. The van der Waals surface area contributed by atoms with Crippen molar-refractivity contribution in [3.8, 4) is 51.1 Å². The van der Waals surface area contributed by atoms with Crippen LogP contribution in [0.3, 0.4) is 0 Å². The van der Waals surface area contributed by atoms with Gasteiger partial charge in [-0.05, 0) is 125 Å². The maximum Gasteiger partial charge on any atom is 0.247 e. The van der Waals surface area contributed by atoms with E-state index < -0.39 is 6.04 Å². The van der Waals surface area contributed by atoms with Gasteiger partial charge in [-0.15, -0.1) is 11.3 Å². The molecule has 0 saturated heterocycles. The van der Waals surface area contributed by atoms with Crippen LogP contribution in [0.1, 0.15) is 6.85 Å². The molecule has 0 saturated carbocycles. The minimum Gasteiger partial charge on any atom is -0.456 e. The molecule has 25 rings (SSSR count). The topological polar surface area (TPSA) is 106 Å². The van der Waals surface area contributed by atoms with E-state index in [4.69, 9.17) is 40.0 Å². The van der Waals surface area contributed by atoms with Crippen LogP contribution in [-0.4, -0.2) is 33.6 Å². The van der Waals surface area contributed by atoms with Gasteiger partial charge in [-0.3, -0.25) is 9.13 Å². The number of benzene rings is 16. The van der Waals surface area contributed by atoms with Crippen LogP contribution in [0, 0.1) is 0 Å². The Hall–Kier alpha value is -14.8. The molecule has 0 bridgehead atoms. The van der Waals surface area contributed by atoms with Gasteiger partial charge in [-0.1, -0.05) is 255 Å². The highest BCUT2D eigenvalue weighted by atomic mass is 32.1. The number of hydrogen-bond acceptors (Lipinski definition) is 8. The summed E-state index contributed by atoms with van der Waals surface area (Å²) in [5.41, 5.74) is 18.2. The van der Waals surface area contributed by atoms with Crippen molar-refractivity contribution >= 4 is 185 Å². The zero-order chi connectivity index (χ0) is 77.1. The van der Waals surface area contributed by atoms with Crippen molar-refractivity contribution in [2.75, 3.05) is 0 Å². The predicted molar refractivity (Wildman–Crippen MR) is 460 cm³/mol. The Morgan fingerprint density at radius 3 is 1.50 bits per heavy atom. The molecule has 0 N–H and O–H groups in total. The van der Waals surface area contributed by atoms with Crippen molar-refractivity contribution in [3.63, 3.8) is 0 Å². The first-order chi connectivity index (χ1) is 57.1. The van der Waals surface area contributed by atoms with Gasteiger partial charge in [0.15, 0.2) is 5.82 Å². The third kappa shape index (κ3) is 9.76. The molecule has 0 aliphatic carbocycles. The van der Waals surface area contributed by atoms with Crippen molar-refractivity contribution < 1.29 is 20.1 Å². The van der Waals surface area contributed by atoms with E-state index in [9.17, 15) is 0 Å². The molecule has 0 fully saturated rings. The van der Waals surface area contributed by atoms with Gasteiger partial charge in [0, 0.05) is 102 Å². The number of furan rings is 3. The molecule has 25 aromatic rings. The quantitative estimate of drug-likeness (QED) is 0.163. The standard InChI is InChI=1S/C36H21N3O.C34H19N3OS.C30H19NO/c1-2-12-23-22(10-1)11-9-16-24(23)35-25-13-3-6-17-28(25)37-36(38-35)39-29-18-7-4-14-26(29)33-30(39)20-21-32-34(33)27-15-5-8-19-31(27)40-32;1-2-10-20(11-3-1)31-33(35-32-22-13-5-8-16-26(22)38-34(32)36-31)37-24-15-7-4-12-21(24)29-25(37)18-19-28-30(29)23-14-6-9-17-27(23)39-28;1-2-9-20(10-3-1)21-11-8-12-22(19-21)31-25-15-6-4-13-23(25)29-26(31)17-18-28-30(29)24-14-5-7-16-27(24)32-28/h1-21H;1-19H;1-19H/i;;1D,2D,3D,9D,10D. The maximum atomic E-state index is 8.44. The Kier molecular flexibility index (Phi) is 12.9. The molecule has 0 unspecified atom stereocenters. The number of hydrogen-bond donors (Lipinski definition) is 0. The van der Waals surface area contributed by atoms with Gasteiger partial charge >= 0.3 is 0 Å². The molecular formula is C100H59N7O3S. The summed E-state index contributed by atoms with van der Waals surface area (Å²) in [6, 6.07) is 111. The predicted octanol–water partition coefficient (Wildman–Crippen LogP) is 27.3. The van der Waals surface area contributed by atoms with Crippen LogP contribution in [0.5, 0.6) is 0 Å². The van der Waals surface area contributed by atoms with Crippen molar-refractivity contribution in [2.24, 2.45) is 0 Å². The molecule has 0 spiro atoms. The van der Waals surface area contributed by atoms with Crippen LogP contribution in [0.2, 0.25) is 0 Å². The Labute approximate surface area is 643 Å². The SMILES string of the molecule is [2H]c1c([2H])c([2H])c(-c2cccc(-n3c4ccccc4c4c5c(ccc43)oc3ccccc35)c2)c([2H])c1[2H].c1ccc(-c2nc3oc4ccccc4c3nc2-n2c3ccccc3c3c4c(ccc32)sc2ccccc24)cc1.c1ccc2c(-c3nc(-n4c5ccccc5c5c6c(ccc54)oc4ccccc46)nc4ccccc34)cccc2c1. The first kappa shape index (κ1) is 57.5. The Balaban J connectivity index is 0.000000103. The van der Waals surface area contributed by atoms with Crippen LogP contribution >= 0.6 is 11.3 Å². The largest absolute Gasteiger partial charge is 0.456 e. The summed E-state index contributed by atoms with van der Waals surface area (Å²) < 4.78 is 68.8. The minimum absolute atomic E-state index is 0.192. The zero-order valence-corrected chi connectivity index (χ0v) is 59.8. The van der Waals surface area contributed by atoms with Crippen LogP contribution in [0.25, 0.3) is 224 Å². The lowest BCUT2D eigenvalue weighted by atomic mass is 9.99. The zero-order valence-electron chi connectivity index (χ0n) is 63.9. The fourth-order valence-corrected chi connectivity index (χ4v) is 18.1. The van der Waals surface area contributed by atoms with Crippen LogP contribution in [-0.2, 0) is 0 Å². The Morgan fingerprint density at radius 1 is 0.288 bits per heavy atom. The van der Waals surface area contributed by atoms with Gasteiger partial charge in [-0.2, -0.15) is 0 Å². The van der Waals surface area contributed by atoms with Gasteiger partial charge in [0.05, 0.1) is 51.2 Å². The second-order valence-electron chi connectivity index (χ2n) is 27.8. The number of para-hydroxylation sites is 7. The molecule has 0 aliphatic heterocycles. The lowest BCUT2D eigenvalue weighted by molar-refractivity contribution is 0.653. The van der Waals surface area contributed by atoms with E-state index in [1.54, 1.807) is 6.07 Å². The van der Waals surface area contributed by atoms with Gasteiger partial charge in [0.25, 0.3) is 0 Å². The minimum atomic E-state index is -0.395. The van der Waals surface area contributed by atoms with Crippen molar-refractivity contribution in [2.45, 2.75) is 0 Å². The molecular weight excluding hydrogens is 1380 g/mol. The average molecular weight is 1440 g/mol. The Morgan fingerprint density at radius 2 is 0.802 bits per heavy atom. The summed E-state index contributed by atoms with van der Waals surface area (Å²) in [4.78, 5) is 20.9. The van der Waals surface area contributed by atoms with Crippen molar-refractivity contribution in [1.29, 1.82) is 0 Å². The van der Waals surface area contributed by atoms with E-state index in [2.05, 4.69) is 226 Å². The fraction of sp³-hybridized carbons (Fsp3) is 0. The van der Waals surface area contributed by atoms with Crippen molar-refractivity contribution in [1.82, 2.24) is 33.6 Å². The van der Waals surface area contributed by atoms with E-state index in [1.807, 2.05) is 121 Å². The van der Waals surface area contributed by atoms with Crippen molar-refractivity contribution in [3.05, 3.63) is 358 Å². The number of aromatic nitrogens is 7. The maximum absolute atomic E-state index is 8.44. The summed E-state index contributed by atoms with van der Waals surface area (Å²) in [5, 5.41) is 18.2. The highest BCUT2D eigenvalue weighted by molar-refractivity contribution is 7.26. The van der Waals surface area contributed by atoms with E-state index >= 15 is 0 Å². The number of thiophene rings is 1. The van der Waals surface area contributed by atoms with Gasteiger partial charge in [-0.25, -0.2) is 19.9 Å².